The summed E-state index contributed by atoms with van der Waals surface area (Å²) >= 11 is 0. The van der Waals surface area contributed by atoms with Gasteiger partial charge in [0.05, 0.1) is 23.6 Å². The molecule has 0 atom stereocenters. The molecule has 0 aliphatic carbocycles. The molecule has 0 bridgehead atoms. The van der Waals surface area contributed by atoms with Gasteiger partial charge in [-0.15, -0.1) is 0 Å². The van der Waals surface area contributed by atoms with Crippen molar-refractivity contribution in [3.63, 3.8) is 0 Å². The van der Waals surface area contributed by atoms with E-state index in [4.69, 9.17) is 5.10 Å². The van der Waals surface area contributed by atoms with E-state index in [1.165, 1.54) is 17.3 Å². The molecule has 2 aromatic carbocycles. The Labute approximate surface area is 189 Å². The van der Waals surface area contributed by atoms with Crippen molar-refractivity contribution in [2.45, 2.75) is 46.8 Å². The molecule has 0 saturated heterocycles. The Bertz CT molecular complexity index is 1080. The van der Waals surface area contributed by atoms with Gasteiger partial charge in [0.15, 0.2) is 0 Å². The van der Waals surface area contributed by atoms with Gasteiger partial charge in [0.2, 0.25) is 5.91 Å². The fraction of sp³-hybridized carbons (Fsp3) is 0.385. The van der Waals surface area contributed by atoms with E-state index in [1.807, 2.05) is 33.8 Å². The standard InChI is InChI=1S/C26H31FN4O/c1-19(2)15-30(20(3)32)18-25-24-17-29(16-21-8-7-9-22(27)14-21)13-12-26(24)31(28-25)23-10-5-4-6-11-23/h4-11,14,19H,12-13,15-18H2,1-3H3. The average Bonchev–Trinajstić information content (AvgIpc) is 3.11. The topological polar surface area (TPSA) is 41.4 Å². The Balaban J connectivity index is 1.66. The molecular weight excluding hydrogens is 403 g/mol. The fourth-order valence-corrected chi connectivity index (χ4v) is 4.41. The predicted octanol–water partition coefficient (Wildman–Crippen LogP) is 4.57. The van der Waals surface area contributed by atoms with Crippen LogP contribution in [-0.2, 0) is 30.8 Å². The lowest BCUT2D eigenvalue weighted by atomic mass is 10.0. The highest BCUT2D eigenvalue weighted by Crippen LogP contribution is 2.27. The number of amides is 1. The van der Waals surface area contributed by atoms with Crippen molar-refractivity contribution in [1.82, 2.24) is 19.6 Å². The maximum Gasteiger partial charge on any atom is 0.219 e. The summed E-state index contributed by atoms with van der Waals surface area (Å²) in [6.07, 6.45) is 0.858. The van der Waals surface area contributed by atoms with E-state index in [0.29, 0.717) is 25.6 Å². The molecule has 0 N–H and O–H groups in total. The van der Waals surface area contributed by atoms with E-state index in [-0.39, 0.29) is 11.7 Å². The molecule has 3 aromatic rings. The van der Waals surface area contributed by atoms with E-state index in [9.17, 15) is 9.18 Å². The summed E-state index contributed by atoms with van der Waals surface area (Å²) in [5, 5.41) is 4.98. The number of hydrogen-bond donors (Lipinski definition) is 0. The van der Waals surface area contributed by atoms with Gasteiger partial charge in [-0.1, -0.05) is 44.2 Å². The van der Waals surface area contributed by atoms with Crippen LogP contribution < -0.4 is 0 Å². The van der Waals surface area contributed by atoms with Crippen LogP contribution in [0, 0.1) is 11.7 Å². The highest BCUT2D eigenvalue weighted by molar-refractivity contribution is 5.73. The van der Waals surface area contributed by atoms with Crippen LogP contribution in [-0.4, -0.2) is 38.6 Å². The first kappa shape index (κ1) is 22.2. The van der Waals surface area contributed by atoms with Gasteiger partial charge >= 0.3 is 0 Å². The van der Waals surface area contributed by atoms with Crippen LogP contribution >= 0.6 is 0 Å². The number of para-hydroxylation sites is 1. The number of halogens is 1. The maximum atomic E-state index is 13.7. The summed E-state index contributed by atoms with van der Waals surface area (Å²) in [5.74, 6) is 0.244. The maximum absolute atomic E-state index is 13.7. The lowest BCUT2D eigenvalue weighted by Gasteiger charge is -2.29. The normalized spacial score (nSPS) is 13.9. The molecule has 0 fully saturated rings. The molecule has 1 aliphatic heterocycles. The number of carbonyl (C=O) groups excluding carboxylic acids is 1. The van der Waals surface area contributed by atoms with Gasteiger partial charge in [0, 0.05) is 45.1 Å². The van der Waals surface area contributed by atoms with Crippen LogP contribution in [0.1, 0.15) is 43.3 Å². The second kappa shape index (κ2) is 9.65. The quantitative estimate of drug-likeness (QED) is 0.547. The summed E-state index contributed by atoms with van der Waals surface area (Å²) in [6, 6.07) is 17.0. The van der Waals surface area contributed by atoms with E-state index in [0.717, 1.165) is 36.5 Å². The Morgan fingerprint density at radius 2 is 1.94 bits per heavy atom. The Morgan fingerprint density at radius 1 is 1.16 bits per heavy atom. The third-order valence-electron chi connectivity index (χ3n) is 5.89. The first-order valence-electron chi connectivity index (χ1n) is 11.3. The van der Waals surface area contributed by atoms with Crippen LogP contribution in [0.15, 0.2) is 54.6 Å². The van der Waals surface area contributed by atoms with Crippen LogP contribution in [0.3, 0.4) is 0 Å². The van der Waals surface area contributed by atoms with Crippen LogP contribution in [0.25, 0.3) is 5.69 Å². The molecule has 0 spiro atoms. The first-order valence-corrected chi connectivity index (χ1v) is 11.3. The van der Waals surface area contributed by atoms with Gasteiger partial charge in [0.1, 0.15) is 5.82 Å². The SMILES string of the molecule is CC(=O)N(Cc1nn(-c2ccccc2)c2c1CN(Cc1cccc(F)c1)CC2)CC(C)C. The summed E-state index contributed by atoms with van der Waals surface area (Å²) < 4.78 is 15.7. The fourth-order valence-electron chi connectivity index (χ4n) is 4.41. The highest BCUT2D eigenvalue weighted by Gasteiger charge is 2.27. The molecule has 1 aromatic heterocycles. The van der Waals surface area contributed by atoms with E-state index < -0.39 is 0 Å². The summed E-state index contributed by atoms with van der Waals surface area (Å²) in [5.41, 5.74) is 5.34. The molecule has 5 nitrogen and oxygen atoms in total. The molecule has 2 heterocycles. The zero-order chi connectivity index (χ0) is 22.7. The van der Waals surface area contributed by atoms with Gasteiger partial charge in [-0.3, -0.25) is 9.69 Å². The molecule has 1 aliphatic rings. The van der Waals surface area contributed by atoms with Crippen LogP contribution in [0.5, 0.6) is 0 Å². The lowest BCUT2D eigenvalue weighted by Crippen LogP contribution is -2.34. The smallest absolute Gasteiger partial charge is 0.219 e. The van der Waals surface area contributed by atoms with Crippen molar-refractivity contribution in [2.75, 3.05) is 13.1 Å². The van der Waals surface area contributed by atoms with Gasteiger partial charge in [-0.2, -0.15) is 5.10 Å². The molecule has 4 rings (SSSR count). The second-order valence-electron chi connectivity index (χ2n) is 9.00. The Morgan fingerprint density at radius 3 is 2.62 bits per heavy atom. The minimum Gasteiger partial charge on any atom is -0.337 e. The van der Waals surface area contributed by atoms with E-state index in [2.05, 4.69) is 30.9 Å². The Hall–Kier alpha value is -2.99. The van der Waals surface area contributed by atoms with Crippen LogP contribution in [0.4, 0.5) is 4.39 Å². The molecule has 0 saturated carbocycles. The second-order valence-corrected chi connectivity index (χ2v) is 9.00. The van der Waals surface area contributed by atoms with E-state index >= 15 is 0 Å². The summed E-state index contributed by atoms with van der Waals surface area (Å²) in [4.78, 5) is 16.5. The lowest BCUT2D eigenvalue weighted by molar-refractivity contribution is -0.130. The highest BCUT2D eigenvalue weighted by atomic mass is 19.1. The number of aromatic nitrogens is 2. The number of benzene rings is 2. The number of hydrogen-bond acceptors (Lipinski definition) is 3. The van der Waals surface area contributed by atoms with Crippen molar-refractivity contribution in [3.8, 4) is 5.69 Å². The summed E-state index contributed by atoms with van der Waals surface area (Å²) in [6.45, 7) is 9.38. The van der Waals surface area contributed by atoms with Gasteiger partial charge in [0.25, 0.3) is 0 Å². The van der Waals surface area contributed by atoms with Crippen molar-refractivity contribution in [2.24, 2.45) is 5.92 Å². The minimum atomic E-state index is -0.205. The number of fused-ring (bicyclic) bond motifs is 1. The molecule has 32 heavy (non-hydrogen) atoms. The van der Waals surface area contributed by atoms with Gasteiger partial charge < -0.3 is 4.90 Å². The molecule has 0 unspecified atom stereocenters. The van der Waals surface area contributed by atoms with Crippen molar-refractivity contribution in [3.05, 3.63) is 82.9 Å². The number of rotatable bonds is 7. The van der Waals surface area contributed by atoms with Gasteiger partial charge in [-0.25, -0.2) is 9.07 Å². The largest absolute Gasteiger partial charge is 0.337 e. The van der Waals surface area contributed by atoms with E-state index in [1.54, 1.807) is 19.1 Å². The van der Waals surface area contributed by atoms with Crippen LogP contribution in [0.2, 0.25) is 0 Å². The van der Waals surface area contributed by atoms with Crippen molar-refractivity contribution < 1.29 is 9.18 Å². The predicted molar refractivity (Wildman–Crippen MR) is 124 cm³/mol. The zero-order valence-electron chi connectivity index (χ0n) is 19.1. The Kier molecular flexibility index (Phi) is 6.70. The third kappa shape index (κ3) is 5.07. The molecule has 0 radical (unpaired) electrons. The average molecular weight is 435 g/mol. The molecule has 6 heteroatoms. The summed E-state index contributed by atoms with van der Waals surface area (Å²) in [7, 11) is 0. The number of carbonyl (C=O) groups is 1. The first-order chi connectivity index (χ1) is 15.4. The number of nitrogens with zero attached hydrogens (tertiary/aromatic N) is 4. The minimum absolute atomic E-state index is 0.0640. The third-order valence-corrected chi connectivity index (χ3v) is 5.89. The van der Waals surface area contributed by atoms with Crippen molar-refractivity contribution >= 4 is 5.91 Å². The molecule has 1 amide bonds. The zero-order valence-corrected chi connectivity index (χ0v) is 19.1. The molecular formula is C26H31FN4O. The van der Waals surface area contributed by atoms with Crippen molar-refractivity contribution in [1.29, 1.82) is 0 Å². The molecule has 168 valence electrons. The monoisotopic (exact) mass is 434 g/mol. The van der Waals surface area contributed by atoms with Gasteiger partial charge in [-0.05, 0) is 35.7 Å².